The van der Waals surface area contributed by atoms with Crippen molar-refractivity contribution >= 4 is 18.2 Å². The first-order valence-electron chi connectivity index (χ1n) is 11.4. The van der Waals surface area contributed by atoms with Gasteiger partial charge in [-0.05, 0) is 37.0 Å². The summed E-state index contributed by atoms with van der Waals surface area (Å²) in [7, 11) is 0. The fourth-order valence-electron chi connectivity index (χ4n) is 3.05. The van der Waals surface area contributed by atoms with Crippen LogP contribution < -0.4 is 0 Å². The minimum Gasteiger partial charge on any atom is -0.307 e. The summed E-state index contributed by atoms with van der Waals surface area (Å²) in [6.07, 6.45) is 8.53. The molecule has 6 nitrogen and oxygen atoms in total. The van der Waals surface area contributed by atoms with E-state index >= 15 is 0 Å². The van der Waals surface area contributed by atoms with Crippen LogP contribution in [-0.4, -0.2) is 22.4 Å². The Morgan fingerprint density at radius 3 is 2.18 bits per heavy atom. The summed E-state index contributed by atoms with van der Waals surface area (Å²) in [5.74, 6) is 0. The minimum absolute atomic E-state index is 0.0691. The van der Waals surface area contributed by atoms with Crippen LogP contribution in [0, 0.1) is 10.1 Å². The van der Waals surface area contributed by atoms with Gasteiger partial charge in [-0.25, -0.2) is 0 Å². The third kappa shape index (κ3) is 9.77. The van der Waals surface area contributed by atoms with Gasteiger partial charge < -0.3 is 4.79 Å². The second kappa shape index (κ2) is 17.7. The van der Waals surface area contributed by atoms with Gasteiger partial charge in [-0.1, -0.05) is 94.1 Å². The lowest BCUT2D eigenvalue weighted by Crippen LogP contribution is -2.23. The average molecular weight is 464 g/mol. The molecule has 0 spiro atoms. The molecule has 0 aliphatic heterocycles. The van der Waals surface area contributed by atoms with Crippen LogP contribution in [0.25, 0.3) is 0 Å². The number of nitrogens with zero attached hydrogens (tertiary/aromatic N) is 3. The van der Waals surface area contributed by atoms with Crippen molar-refractivity contribution in [1.82, 2.24) is 5.01 Å². The van der Waals surface area contributed by atoms with E-state index < -0.39 is 0 Å². The van der Waals surface area contributed by atoms with E-state index in [1.165, 1.54) is 12.1 Å². The van der Waals surface area contributed by atoms with Crippen molar-refractivity contribution in [3.8, 4) is 0 Å². The maximum Gasteiger partial charge on any atom is 0.269 e. The number of rotatable bonds is 10. The summed E-state index contributed by atoms with van der Waals surface area (Å²) < 4.78 is 0. The van der Waals surface area contributed by atoms with E-state index in [4.69, 9.17) is 9.90 Å². The van der Waals surface area contributed by atoms with E-state index in [0.29, 0.717) is 6.54 Å². The molecule has 2 aromatic rings. The van der Waals surface area contributed by atoms with Crippen LogP contribution in [0.5, 0.6) is 0 Å². The first-order chi connectivity index (χ1) is 16.5. The standard InChI is InChI=1S/C25H29N3O2.C2H6.CH2O/c1-5-8-14-22(6-2)25(7-3)26-27(19-21-12-10-9-11-13-21)20(4)23-15-17-24(18-16-23)28(29)30;2*1-2/h5-6,8-18,20H,2,7,19H2,1,3-4H3;1-2H3;1H2/b8-5-,22-14+,26-25+;;. The fraction of sp³-hybridized carbons (Fsp3) is 0.286. The summed E-state index contributed by atoms with van der Waals surface area (Å²) in [6, 6.07) is 16.8. The maximum atomic E-state index is 11.0. The molecule has 0 N–H and O–H groups in total. The SMILES string of the molecule is C=CC(=C\C=C/C)/C(CC)=N/N(Cc1ccccc1)C(C)c1ccc([N+](=O)[O-])cc1.C=O.CC. The lowest BCUT2D eigenvalue weighted by Gasteiger charge is -2.28. The molecule has 0 saturated carbocycles. The molecule has 2 aromatic carbocycles. The molecular weight excluding hydrogens is 426 g/mol. The van der Waals surface area contributed by atoms with Crippen molar-refractivity contribution in [2.45, 2.75) is 53.6 Å². The molecule has 0 fully saturated rings. The molecule has 0 amide bonds. The lowest BCUT2D eigenvalue weighted by molar-refractivity contribution is -0.384. The molecule has 1 unspecified atom stereocenters. The van der Waals surface area contributed by atoms with Gasteiger partial charge in [0, 0.05) is 12.1 Å². The number of nitro groups is 1. The van der Waals surface area contributed by atoms with Crippen molar-refractivity contribution in [1.29, 1.82) is 0 Å². The van der Waals surface area contributed by atoms with Crippen molar-refractivity contribution < 1.29 is 9.72 Å². The van der Waals surface area contributed by atoms with Gasteiger partial charge in [0.2, 0.25) is 0 Å². The fourth-order valence-corrected chi connectivity index (χ4v) is 3.05. The van der Waals surface area contributed by atoms with Crippen LogP contribution in [0.15, 0.2) is 96.2 Å². The second-order valence-corrected chi connectivity index (χ2v) is 6.86. The van der Waals surface area contributed by atoms with E-state index in [-0.39, 0.29) is 16.7 Å². The average Bonchev–Trinajstić information content (AvgIpc) is 2.90. The normalized spacial score (nSPS) is 12.0. The molecule has 2 rings (SSSR count). The zero-order valence-electron chi connectivity index (χ0n) is 21.0. The number of hydrazone groups is 1. The van der Waals surface area contributed by atoms with Crippen LogP contribution in [0.4, 0.5) is 5.69 Å². The highest BCUT2D eigenvalue weighted by atomic mass is 16.6. The van der Waals surface area contributed by atoms with E-state index in [2.05, 4.69) is 32.6 Å². The molecule has 0 radical (unpaired) electrons. The molecule has 0 bridgehead atoms. The summed E-state index contributed by atoms with van der Waals surface area (Å²) in [6.45, 7) is 16.7. The summed E-state index contributed by atoms with van der Waals surface area (Å²) in [5.41, 5.74) is 4.11. The summed E-state index contributed by atoms with van der Waals surface area (Å²) >= 11 is 0. The van der Waals surface area contributed by atoms with Gasteiger partial charge in [-0.3, -0.25) is 15.1 Å². The van der Waals surface area contributed by atoms with E-state index in [1.807, 2.05) is 75.1 Å². The van der Waals surface area contributed by atoms with Crippen LogP contribution >= 0.6 is 0 Å². The highest BCUT2D eigenvalue weighted by Gasteiger charge is 2.17. The predicted octanol–water partition coefficient (Wildman–Crippen LogP) is 7.45. The van der Waals surface area contributed by atoms with E-state index in [9.17, 15) is 10.1 Å². The summed E-state index contributed by atoms with van der Waals surface area (Å²) in [4.78, 5) is 18.6. The second-order valence-electron chi connectivity index (χ2n) is 6.86. The number of allylic oxidation sites excluding steroid dienone is 5. The molecule has 0 aliphatic rings. The molecule has 0 aromatic heterocycles. The molecular formula is C28H37N3O3. The highest BCUT2D eigenvalue weighted by molar-refractivity contribution is 6.02. The van der Waals surface area contributed by atoms with Gasteiger partial charge in [0.15, 0.2) is 0 Å². The van der Waals surface area contributed by atoms with Gasteiger partial charge in [-0.2, -0.15) is 5.10 Å². The van der Waals surface area contributed by atoms with E-state index in [0.717, 1.165) is 28.8 Å². The monoisotopic (exact) mass is 463 g/mol. The first kappa shape index (κ1) is 30.2. The van der Waals surface area contributed by atoms with Crippen molar-refractivity contribution in [2.24, 2.45) is 5.10 Å². The van der Waals surface area contributed by atoms with Crippen molar-refractivity contribution in [2.75, 3.05) is 0 Å². The molecule has 182 valence electrons. The number of non-ortho nitro benzene ring substituents is 1. The number of carbonyl (C=O) groups is 1. The lowest BCUT2D eigenvalue weighted by atomic mass is 10.1. The molecule has 34 heavy (non-hydrogen) atoms. The number of hydrogen-bond donors (Lipinski definition) is 0. The van der Waals surface area contributed by atoms with Crippen LogP contribution in [-0.2, 0) is 11.3 Å². The first-order valence-corrected chi connectivity index (χ1v) is 11.4. The zero-order valence-corrected chi connectivity index (χ0v) is 21.0. The number of hydrogen-bond acceptors (Lipinski definition) is 5. The van der Waals surface area contributed by atoms with Gasteiger partial charge in [0.1, 0.15) is 6.79 Å². The van der Waals surface area contributed by atoms with Gasteiger partial charge >= 0.3 is 0 Å². The van der Waals surface area contributed by atoms with Crippen molar-refractivity contribution in [3.63, 3.8) is 0 Å². The topological polar surface area (TPSA) is 75.8 Å². The Hall–Kier alpha value is -3.80. The van der Waals surface area contributed by atoms with Gasteiger partial charge in [0.05, 0.1) is 23.2 Å². The molecule has 6 heteroatoms. The number of nitro benzene ring substituents is 1. The van der Waals surface area contributed by atoms with E-state index in [1.54, 1.807) is 12.1 Å². The van der Waals surface area contributed by atoms with Crippen molar-refractivity contribution in [3.05, 3.63) is 112 Å². The number of carbonyl (C=O) groups excluding carboxylic acids is 1. The Kier molecular flexibility index (Phi) is 15.7. The molecule has 1 atom stereocenters. The number of benzene rings is 2. The van der Waals surface area contributed by atoms with Crippen LogP contribution in [0.1, 0.15) is 58.2 Å². The van der Waals surface area contributed by atoms with Crippen LogP contribution in [0.3, 0.4) is 0 Å². The maximum absolute atomic E-state index is 11.0. The van der Waals surface area contributed by atoms with Gasteiger partial charge in [0.25, 0.3) is 5.69 Å². The summed E-state index contributed by atoms with van der Waals surface area (Å²) in [5, 5.41) is 18.0. The zero-order chi connectivity index (χ0) is 25.9. The Morgan fingerprint density at radius 1 is 1.12 bits per heavy atom. The Labute approximate surface area is 204 Å². The highest BCUT2D eigenvalue weighted by Crippen LogP contribution is 2.26. The molecule has 0 aliphatic carbocycles. The molecule has 0 heterocycles. The smallest absolute Gasteiger partial charge is 0.269 e. The van der Waals surface area contributed by atoms with Crippen LogP contribution in [0.2, 0.25) is 0 Å². The third-order valence-electron chi connectivity index (χ3n) is 4.83. The largest absolute Gasteiger partial charge is 0.307 e. The Bertz CT molecular complexity index is 949. The van der Waals surface area contributed by atoms with Gasteiger partial charge in [-0.15, -0.1) is 0 Å². The Morgan fingerprint density at radius 2 is 1.71 bits per heavy atom. The third-order valence-corrected chi connectivity index (χ3v) is 4.83. The quantitative estimate of drug-likeness (QED) is 0.159. The predicted molar refractivity (Wildman–Crippen MR) is 143 cm³/mol. The Balaban J connectivity index is 0.00000258. The minimum atomic E-state index is -0.383. The molecule has 0 saturated heterocycles.